The molecule has 32 heavy (non-hydrogen) atoms. The van der Waals surface area contributed by atoms with Gasteiger partial charge in [-0.3, -0.25) is 0 Å². The average molecular weight is 479 g/mol. The standard InChI is InChI=1S/C13H10O2.C11H14Cl2O4/c14-13(15)12-8-6-11(7-9-12)10-4-2-1-3-5-10;12-7-3-1-6(5-8(7)13)2-4-9(14)10(15)11(16)17/h1-9H,(H,14,15);1,3,5,9-11,14-17H,2,4H2. The first-order valence-electron chi connectivity index (χ1n) is 9.74. The van der Waals surface area contributed by atoms with E-state index < -0.39 is 24.5 Å². The Kier molecular flexibility index (Phi) is 10.1. The van der Waals surface area contributed by atoms with Crippen LogP contribution in [0.5, 0.6) is 0 Å². The Morgan fingerprint density at radius 1 is 0.781 bits per heavy atom. The highest BCUT2D eigenvalue weighted by Gasteiger charge is 2.22. The van der Waals surface area contributed by atoms with E-state index in [0.717, 1.165) is 16.7 Å². The molecule has 5 N–H and O–H groups in total. The lowest BCUT2D eigenvalue weighted by atomic mass is 10.0. The number of benzene rings is 3. The summed E-state index contributed by atoms with van der Waals surface area (Å²) in [5.41, 5.74) is 3.28. The zero-order valence-corrected chi connectivity index (χ0v) is 18.5. The maximum Gasteiger partial charge on any atom is 0.335 e. The van der Waals surface area contributed by atoms with E-state index in [4.69, 9.17) is 38.5 Å². The minimum atomic E-state index is -1.95. The minimum Gasteiger partial charge on any atom is -0.478 e. The topological polar surface area (TPSA) is 118 Å². The lowest BCUT2D eigenvalue weighted by Gasteiger charge is -2.19. The highest BCUT2D eigenvalue weighted by Crippen LogP contribution is 2.23. The second-order valence-electron chi connectivity index (χ2n) is 7.01. The van der Waals surface area contributed by atoms with Gasteiger partial charge in [0.2, 0.25) is 0 Å². The number of rotatable bonds is 7. The van der Waals surface area contributed by atoms with Gasteiger partial charge in [0.15, 0.2) is 6.29 Å². The molecule has 0 aliphatic heterocycles. The maximum absolute atomic E-state index is 10.6. The van der Waals surface area contributed by atoms with E-state index in [-0.39, 0.29) is 6.42 Å². The van der Waals surface area contributed by atoms with E-state index in [0.29, 0.717) is 22.0 Å². The molecule has 2 unspecified atom stereocenters. The molecule has 6 nitrogen and oxygen atoms in total. The number of aliphatic hydroxyl groups is 4. The van der Waals surface area contributed by atoms with Gasteiger partial charge in [-0.2, -0.15) is 0 Å². The monoisotopic (exact) mass is 478 g/mol. The van der Waals surface area contributed by atoms with Crippen LogP contribution >= 0.6 is 23.2 Å². The summed E-state index contributed by atoms with van der Waals surface area (Å²) in [4.78, 5) is 10.6. The molecule has 0 spiro atoms. The van der Waals surface area contributed by atoms with Crippen molar-refractivity contribution in [2.45, 2.75) is 31.3 Å². The molecule has 3 aromatic carbocycles. The predicted molar refractivity (Wildman–Crippen MR) is 124 cm³/mol. The molecule has 0 amide bonds. The Hall–Kier alpha value is -2.45. The third kappa shape index (κ3) is 7.91. The van der Waals surface area contributed by atoms with E-state index in [1.165, 1.54) is 0 Å². The summed E-state index contributed by atoms with van der Waals surface area (Å²) in [5, 5.41) is 45.6. The van der Waals surface area contributed by atoms with Gasteiger partial charge in [0.1, 0.15) is 6.10 Å². The molecule has 0 radical (unpaired) electrons. The molecule has 8 heteroatoms. The normalized spacial score (nSPS) is 12.6. The number of carboxylic acids is 1. The van der Waals surface area contributed by atoms with Gasteiger partial charge in [0, 0.05) is 0 Å². The summed E-state index contributed by atoms with van der Waals surface area (Å²) in [7, 11) is 0. The first-order chi connectivity index (χ1) is 15.2. The molecule has 0 aliphatic carbocycles. The fourth-order valence-corrected chi connectivity index (χ4v) is 3.14. The van der Waals surface area contributed by atoms with E-state index >= 15 is 0 Å². The molecule has 0 heterocycles. The highest BCUT2D eigenvalue weighted by molar-refractivity contribution is 6.42. The van der Waals surface area contributed by atoms with E-state index in [1.807, 2.05) is 42.5 Å². The Balaban J connectivity index is 0.000000228. The molecule has 0 saturated heterocycles. The second kappa shape index (κ2) is 12.6. The van der Waals surface area contributed by atoms with Crippen molar-refractivity contribution in [1.29, 1.82) is 0 Å². The molecule has 3 aromatic rings. The molecule has 0 fully saturated rings. The van der Waals surface area contributed by atoms with Crippen molar-refractivity contribution in [1.82, 2.24) is 0 Å². The van der Waals surface area contributed by atoms with Crippen LogP contribution in [-0.2, 0) is 6.42 Å². The number of hydrogen-bond acceptors (Lipinski definition) is 5. The Morgan fingerprint density at radius 2 is 1.38 bits per heavy atom. The molecule has 0 saturated carbocycles. The molecule has 170 valence electrons. The zero-order chi connectivity index (χ0) is 23.7. The minimum absolute atomic E-state index is 0.191. The van der Waals surface area contributed by atoms with Gasteiger partial charge in [-0.15, -0.1) is 0 Å². The van der Waals surface area contributed by atoms with Gasteiger partial charge in [0.25, 0.3) is 0 Å². The van der Waals surface area contributed by atoms with Crippen molar-refractivity contribution < 1.29 is 30.3 Å². The Morgan fingerprint density at radius 3 is 1.91 bits per heavy atom. The van der Waals surface area contributed by atoms with Crippen LogP contribution in [0.25, 0.3) is 11.1 Å². The summed E-state index contributed by atoms with van der Waals surface area (Å²) >= 11 is 11.6. The SMILES string of the molecule is O=C(O)c1ccc(-c2ccccc2)cc1.OC(O)C(O)C(O)CCc1ccc(Cl)c(Cl)c1. The maximum atomic E-state index is 10.6. The Bertz CT molecular complexity index is 993. The molecule has 0 bridgehead atoms. The second-order valence-corrected chi connectivity index (χ2v) is 7.82. The number of aryl methyl sites for hydroxylation is 1. The summed E-state index contributed by atoms with van der Waals surface area (Å²) in [6, 6.07) is 21.8. The lowest BCUT2D eigenvalue weighted by Crippen LogP contribution is -2.37. The van der Waals surface area contributed by atoms with Crippen molar-refractivity contribution in [2.24, 2.45) is 0 Å². The largest absolute Gasteiger partial charge is 0.478 e. The number of carbonyl (C=O) groups is 1. The van der Waals surface area contributed by atoms with E-state index in [2.05, 4.69) is 0 Å². The van der Waals surface area contributed by atoms with Gasteiger partial charge < -0.3 is 25.5 Å². The van der Waals surface area contributed by atoms with Crippen LogP contribution in [0, 0.1) is 0 Å². The smallest absolute Gasteiger partial charge is 0.335 e. The average Bonchev–Trinajstić information content (AvgIpc) is 2.80. The fraction of sp³-hybridized carbons (Fsp3) is 0.208. The molecule has 0 aromatic heterocycles. The van der Waals surface area contributed by atoms with E-state index in [1.54, 1.807) is 30.3 Å². The number of hydrogen-bond donors (Lipinski definition) is 5. The van der Waals surface area contributed by atoms with Crippen molar-refractivity contribution in [3.63, 3.8) is 0 Å². The van der Waals surface area contributed by atoms with Crippen LogP contribution in [0.1, 0.15) is 22.3 Å². The predicted octanol–water partition coefficient (Wildman–Crippen LogP) is 4.01. The van der Waals surface area contributed by atoms with Crippen LogP contribution < -0.4 is 0 Å². The van der Waals surface area contributed by atoms with Gasteiger partial charge in [0.05, 0.1) is 21.7 Å². The van der Waals surface area contributed by atoms with Crippen LogP contribution in [0.3, 0.4) is 0 Å². The number of aliphatic hydroxyl groups excluding tert-OH is 3. The molecular weight excluding hydrogens is 455 g/mol. The van der Waals surface area contributed by atoms with Crippen LogP contribution in [0.2, 0.25) is 10.0 Å². The molecule has 2 atom stereocenters. The zero-order valence-electron chi connectivity index (χ0n) is 17.0. The molecule has 3 rings (SSSR count). The lowest BCUT2D eigenvalue weighted by molar-refractivity contribution is -0.158. The van der Waals surface area contributed by atoms with Crippen molar-refractivity contribution >= 4 is 29.2 Å². The number of carboxylic acid groups (broad SMARTS) is 1. The fourth-order valence-electron chi connectivity index (χ4n) is 2.82. The summed E-state index contributed by atoms with van der Waals surface area (Å²) in [6.07, 6.45) is -4.08. The Labute approximate surface area is 195 Å². The molecule has 0 aliphatic rings. The summed E-state index contributed by atoms with van der Waals surface area (Å²) < 4.78 is 0. The van der Waals surface area contributed by atoms with E-state index in [9.17, 15) is 15.0 Å². The first-order valence-corrected chi connectivity index (χ1v) is 10.5. The summed E-state index contributed by atoms with van der Waals surface area (Å²) in [5.74, 6) is -0.894. The summed E-state index contributed by atoms with van der Waals surface area (Å²) in [6.45, 7) is 0. The van der Waals surface area contributed by atoms with Crippen molar-refractivity contribution in [3.05, 3.63) is 94.0 Å². The van der Waals surface area contributed by atoms with Gasteiger partial charge >= 0.3 is 5.97 Å². The van der Waals surface area contributed by atoms with Crippen LogP contribution in [0.15, 0.2) is 72.8 Å². The third-order valence-electron chi connectivity index (χ3n) is 4.65. The number of halogens is 2. The highest BCUT2D eigenvalue weighted by atomic mass is 35.5. The quantitative estimate of drug-likeness (QED) is 0.327. The van der Waals surface area contributed by atoms with Crippen LogP contribution in [0.4, 0.5) is 0 Å². The van der Waals surface area contributed by atoms with Crippen molar-refractivity contribution in [2.75, 3.05) is 0 Å². The van der Waals surface area contributed by atoms with Gasteiger partial charge in [-0.05, 0) is 53.8 Å². The van der Waals surface area contributed by atoms with Gasteiger partial charge in [-0.25, -0.2) is 4.79 Å². The first kappa shape index (κ1) is 25.8. The third-order valence-corrected chi connectivity index (χ3v) is 5.39. The van der Waals surface area contributed by atoms with Gasteiger partial charge in [-0.1, -0.05) is 71.7 Å². The van der Waals surface area contributed by atoms with Crippen molar-refractivity contribution in [3.8, 4) is 11.1 Å². The molecular formula is C24H24Cl2O6. The van der Waals surface area contributed by atoms with Crippen LogP contribution in [-0.4, -0.2) is 50.0 Å². The number of aromatic carboxylic acids is 1.